The van der Waals surface area contributed by atoms with Crippen LogP contribution in [0.2, 0.25) is 0 Å². The first kappa shape index (κ1) is 23.9. The van der Waals surface area contributed by atoms with E-state index in [0.717, 1.165) is 42.8 Å². The molecule has 2 aliphatic rings. The van der Waals surface area contributed by atoms with E-state index in [4.69, 9.17) is 18.9 Å². The minimum atomic E-state index is 0. The molecule has 36 heavy (non-hydrogen) atoms. The first-order valence-electron chi connectivity index (χ1n) is 12.2. The first-order valence-corrected chi connectivity index (χ1v) is 12.2. The fourth-order valence-electron chi connectivity index (χ4n) is 4.47. The van der Waals surface area contributed by atoms with Crippen LogP contribution in [0.5, 0.6) is 23.1 Å². The summed E-state index contributed by atoms with van der Waals surface area (Å²) in [6, 6.07) is 10.0. The standard InChI is InChI=1S/C26H32N6O4.2H2/c1-32(2)19-5-7-20(8-6-19)36-21-9-4-17(14-22(21)33-3)30-26-27-11-10-24(31-26)29-18-15-23-25(28-16-18)35-13-12-34-23;;/h4,9-11,14-16,19-20H,5-8,12-13H2,1-3H3,(H2,27,29,30,31);2*1H. The van der Waals surface area contributed by atoms with E-state index >= 15 is 0 Å². The molecular formula is C26H36N6O4. The maximum atomic E-state index is 6.30. The van der Waals surface area contributed by atoms with Crippen molar-refractivity contribution in [2.24, 2.45) is 0 Å². The molecule has 5 rings (SSSR count). The van der Waals surface area contributed by atoms with Gasteiger partial charge in [0.2, 0.25) is 5.95 Å². The number of ether oxygens (including phenoxy) is 4. The molecule has 2 aromatic heterocycles. The lowest BCUT2D eigenvalue weighted by molar-refractivity contribution is 0.108. The fraction of sp³-hybridized carbons (Fsp3) is 0.423. The van der Waals surface area contributed by atoms with Crippen molar-refractivity contribution in [2.45, 2.75) is 37.8 Å². The van der Waals surface area contributed by atoms with Gasteiger partial charge in [0, 0.05) is 32.9 Å². The quantitative estimate of drug-likeness (QED) is 0.448. The molecule has 2 N–H and O–H groups in total. The van der Waals surface area contributed by atoms with Crippen molar-refractivity contribution in [3.05, 3.63) is 42.7 Å². The van der Waals surface area contributed by atoms with Crippen molar-refractivity contribution in [3.8, 4) is 23.1 Å². The SMILES string of the molecule is COc1cc(Nc2nccc(Nc3cnc4c(c3)OCCO4)n2)ccc1OC1CCC(N(C)C)CC1.[HH].[HH]. The second-order valence-electron chi connectivity index (χ2n) is 9.12. The van der Waals surface area contributed by atoms with Gasteiger partial charge in [0.25, 0.3) is 5.88 Å². The van der Waals surface area contributed by atoms with Crippen LogP contribution < -0.4 is 29.6 Å². The van der Waals surface area contributed by atoms with Crippen molar-refractivity contribution in [1.29, 1.82) is 0 Å². The highest BCUT2D eigenvalue weighted by molar-refractivity contribution is 5.63. The molecule has 1 aromatic carbocycles. The number of nitrogens with zero attached hydrogens (tertiary/aromatic N) is 4. The lowest BCUT2D eigenvalue weighted by Crippen LogP contribution is -2.35. The van der Waals surface area contributed by atoms with Crippen molar-refractivity contribution in [1.82, 2.24) is 19.9 Å². The van der Waals surface area contributed by atoms with E-state index in [9.17, 15) is 0 Å². The number of methoxy groups -OCH3 is 1. The molecule has 0 amide bonds. The zero-order valence-electron chi connectivity index (χ0n) is 20.9. The van der Waals surface area contributed by atoms with E-state index in [1.165, 1.54) is 0 Å². The van der Waals surface area contributed by atoms with Crippen LogP contribution in [-0.4, -0.2) is 66.4 Å². The number of anilines is 4. The topological polar surface area (TPSA) is 103 Å². The molecule has 0 spiro atoms. The third kappa shape index (κ3) is 5.71. The molecule has 10 nitrogen and oxygen atoms in total. The van der Waals surface area contributed by atoms with Gasteiger partial charge in [0.05, 0.1) is 25.1 Å². The summed E-state index contributed by atoms with van der Waals surface area (Å²) in [6.45, 7) is 1.01. The number of pyridine rings is 1. The summed E-state index contributed by atoms with van der Waals surface area (Å²) in [5.41, 5.74) is 1.54. The Bertz CT molecular complexity index is 1190. The second kappa shape index (κ2) is 10.9. The highest BCUT2D eigenvalue weighted by Crippen LogP contribution is 2.35. The summed E-state index contributed by atoms with van der Waals surface area (Å²) in [7, 11) is 5.94. The van der Waals surface area contributed by atoms with Gasteiger partial charge in [-0.1, -0.05) is 0 Å². The highest BCUT2D eigenvalue weighted by Gasteiger charge is 2.24. The molecule has 1 aliphatic carbocycles. The van der Waals surface area contributed by atoms with E-state index in [2.05, 4.69) is 44.6 Å². The normalized spacial score (nSPS) is 19.0. The predicted molar refractivity (Wildman–Crippen MR) is 141 cm³/mol. The summed E-state index contributed by atoms with van der Waals surface area (Å²) < 4.78 is 23.0. The highest BCUT2D eigenvalue weighted by atomic mass is 16.6. The van der Waals surface area contributed by atoms with Crippen molar-refractivity contribution in [2.75, 3.05) is 45.1 Å². The molecule has 1 fully saturated rings. The van der Waals surface area contributed by atoms with Crippen LogP contribution in [-0.2, 0) is 0 Å². The first-order chi connectivity index (χ1) is 17.6. The summed E-state index contributed by atoms with van der Waals surface area (Å²) in [6.07, 6.45) is 7.93. The van der Waals surface area contributed by atoms with Crippen LogP contribution in [0.3, 0.4) is 0 Å². The van der Waals surface area contributed by atoms with Gasteiger partial charge in [0.15, 0.2) is 17.2 Å². The Balaban J connectivity index is 0.00000200. The Morgan fingerprint density at radius 1 is 0.944 bits per heavy atom. The number of benzene rings is 1. The van der Waals surface area contributed by atoms with Crippen LogP contribution in [0.4, 0.5) is 23.1 Å². The number of hydrogen-bond acceptors (Lipinski definition) is 10. The zero-order chi connectivity index (χ0) is 24.9. The van der Waals surface area contributed by atoms with Crippen LogP contribution in [0, 0.1) is 0 Å². The Labute approximate surface area is 213 Å². The van der Waals surface area contributed by atoms with Crippen LogP contribution in [0.15, 0.2) is 42.7 Å². The Hall–Kier alpha value is -3.79. The van der Waals surface area contributed by atoms with Gasteiger partial charge in [-0.2, -0.15) is 4.98 Å². The van der Waals surface area contributed by atoms with Gasteiger partial charge in [-0.25, -0.2) is 9.97 Å². The van der Waals surface area contributed by atoms with E-state index in [0.29, 0.717) is 48.4 Å². The molecule has 1 saturated carbocycles. The molecule has 0 bridgehead atoms. The Morgan fingerprint density at radius 3 is 2.58 bits per heavy atom. The van der Waals surface area contributed by atoms with Crippen molar-refractivity contribution in [3.63, 3.8) is 0 Å². The summed E-state index contributed by atoms with van der Waals surface area (Å²) in [5, 5.41) is 6.47. The number of fused-ring (bicyclic) bond motifs is 1. The molecule has 3 heterocycles. The van der Waals surface area contributed by atoms with Crippen LogP contribution >= 0.6 is 0 Å². The molecule has 0 radical (unpaired) electrons. The molecule has 0 atom stereocenters. The number of hydrogen-bond donors (Lipinski definition) is 2. The average Bonchev–Trinajstić information content (AvgIpc) is 2.90. The molecule has 0 unspecified atom stereocenters. The lowest BCUT2D eigenvalue weighted by Gasteiger charge is -2.33. The number of aromatic nitrogens is 3. The molecule has 3 aromatic rings. The third-order valence-electron chi connectivity index (χ3n) is 6.41. The molecule has 1 aliphatic heterocycles. The third-order valence-corrected chi connectivity index (χ3v) is 6.41. The van der Waals surface area contributed by atoms with Crippen molar-refractivity contribution < 1.29 is 21.8 Å². The number of rotatable bonds is 8. The van der Waals surface area contributed by atoms with Crippen LogP contribution in [0.1, 0.15) is 28.5 Å². The zero-order valence-corrected chi connectivity index (χ0v) is 20.9. The summed E-state index contributed by atoms with van der Waals surface area (Å²) >= 11 is 0. The van der Waals surface area contributed by atoms with E-state index < -0.39 is 0 Å². The van der Waals surface area contributed by atoms with E-state index in [-0.39, 0.29) is 8.96 Å². The molecule has 10 heteroatoms. The Morgan fingerprint density at radius 2 is 1.78 bits per heavy atom. The molecular weight excluding hydrogens is 460 g/mol. The van der Waals surface area contributed by atoms with Gasteiger partial charge in [-0.3, -0.25) is 0 Å². The van der Waals surface area contributed by atoms with Gasteiger partial charge >= 0.3 is 0 Å². The van der Waals surface area contributed by atoms with Crippen molar-refractivity contribution >= 4 is 23.1 Å². The maximum Gasteiger partial charge on any atom is 0.257 e. The number of nitrogens with one attached hydrogen (secondary N) is 2. The van der Waals surface area contributed by atoms with Gasteiger partial charge in [0.1, 0.15) is 19.0 Å². The van der Waals surface area contributed by atoms with Gasteiger partial charge in [-0.15, -0.1) is 0 Å². The summed E-state index contributed by atoms with van der Waals surface area (Å²) in [5.74, 6) is 3.60. The average molecular weight is 497 g/mol. The Kier molecular flexibility index (Phi) is 7.22. The predicted octanol–water partition coefficient (Wildman–Crippen LogP) is 4.88. The molecule has 0 saturated heterocycles. The van der Waals surface area contributed by atoms with Gasteiger partial charge in [-0.05, 0) is 58.0 Å². The molecule has 194 valence electrons. The summed E-state index contributed by atoms with van der Waals surface area (Å²) in [4.78, 5) is 15.5. The maximum absolute atomic E-state index is 6.30. The largest absolute Gasteiger partial charge is 0.493 e. The van der Waals surface area contributed by atoms with Crippen LogP contribution in [0.25, 0.3) is 0 Å². The van der Waals surface area contributed by atoms with E-state index in [1.807, 2.05) is 24.3 Å². The second-order valence-corrected chi connectivity index (χ2v) is 9.12. The lowest BCUT2D eigenvalue weighted by atomic mass is 9.92. The van der Waals surface area contributed by atoms with E-state index in [1.54, 1.807) is 25.6 Å². The monoisotopic (exact) mass is 496 g/mol. The smallest absolute Gasteiger partial charge is 0.257 e. The minimum absolute atomic E-state index is 0. The van der Waals surface area contributed by atoms with Gasteiger partial charge < -0.3 is 34.5 Å². The minimum Gasteiger partial charge on any atom is -0.493 e. The fourth-order valence-corrected chi connectivity index (χ4v) is 4.47.